The Morgan fingerprint density at radius 1 is 1.12 bits per heavy atom. The number of nitrogens with zero attached hydrogens (tertiary/aromatic N) is 4. The van der Waals surface area contributed by atoms with E-state index in [-0.39, 0.29) is 11.4 Å². The summed E-state index contributed by atoms with van der Waals surface area (Å²) >= 11 is 7.50. The fourth-order valence-corrected chi connectivity index (χ4v) is 5.52. The number of pyridine rings is 1. The molecule has 2 aromatic heterocycles. The van der Waals surface area contributed by atoms with Gasteiger partial charge in [0, 0.05) is 42.0 Å². The molecule has 0 saturated heterocycles. The smallest absolute Gasteiger partial charge is 0.268 e. The number of sulfonamides is 1. The summed E-state index contributed by atoms with van der Waals surface area (Å²) in [6.45, 7) is 4.14. The largest absolute Gasteiger partial charge is 0.319 e. The number of carbonyl (C=O) groups excluding carboxylic acids is 1. The average molecular weight is 495 g/mol. The molecule has 0 radical (unpaired) electrons. The zero-order valence-corrected chi connectivity index (χ0v) is 20.0. The van der Waals surface area contributed by atoms with Crippen LogP contribution in [0.3, 0.4) is 0 Å². The topological polar surface area (TPSA) is 93.7 Å². The molecule has 0 aliphatic rings. The highest BCUT2D eigenvalue weighted by molar-refractivity contribution is 7.89. The maximum Gasteiger partial charge on any atom is 0.268 e. The van der Waals surface area contributed by atoms with Crippen LogP contribution in [0.5, 0.6) is 0 Å². The molecular formula is C21H23ClN4O4S2. The Labute approximate surface area is 195 Å². The highest BCUT2D eigenvalue weighted by Gasteiger charge is 2.22. The van der Waals surface area contributed by atoms with Crippen molar-refractivity contribution in [2.75, 3.05) is 13.1 Å². The van der Waals surface area contributed by atoms with Crippen LogP contribution in [0.1, 0.15) is 19.4 Å². The molecule has 0 atom stereocenters. The number of aromatic nitrogens is 2. The van der Waals surface area contributed by atoms with Crippen molar-refractivity contribution in [3.63, 3.8) is 0 Å². The quantitative estimate of drug-likeness (QED) is 0.481. The van der Waals surface area contributed by atoms with E-state index in [0.717, 1.165) is 16.2 Å². The molecule has 1 amide bonds. The summed E-state index contributed by atoms with van der Waals surface area (Å²) in [4.78, 5) is 29.4. The Morgan fingerprint density at radius 3 is 2.53 bits per heavy atom. The van der Waals surface area contributed by atoms with E-state index in [2.05, 4.69) is 4.99 Å². The van der Waals surface area contributed by atoms with Crippen molar-refractivity contribution in [2.45, 2.75) is 31.8 Å². The van der Waals surface area contributed by atoms with E-state index in [1.54, 1.807) is 36.1 Å². The van der Waals surface area contributed by atoms with Crippen LogP contribution in [0, 0.1) is 0 Å². The first-order chi connectivity index (χ1) is 15.3. The van der Waals surface area contributed by atoms with Crippen molar-refractivity contribution in [1.82, 2.24) is 13.4 Å². The third-order valence-corrected chi connectivity index (χ3v) is 7.98. The SMILES string of the molecule is CCN(CC)S(=O)(=O)c1ccc(=O)n(CC(=O)N=c2sccn2Cc2ccccc2Cl)c1. The minimum Gasteiger partial charge on any atom is -0.319 e. The molecule has 0 aliphatic heterocycles. The molecule has 0 fully saturated rings. The fourth-order valence-electron chi connectivity index (χ4n) is 3.10. The Balaban J connectivity index is 1.86. The molecule has 0 bridgehead atoms. The number of halogens is 1. The Hall–Kier alpha value is -2.53. The van der Waals surface area contributed by atoms with E-state index in [9.17, 15) is 18.0 Å². The van der Waals surface area contributed by atoms with Gasteiger partial charge in [0.25, 0.3) is 11.5 Å². The van der Waals surface area contributed by atoms with E-state index in [4.69, 9.17) is 11.6 Å². The van der Waals surface area contributed by atoms with Crippen LogP contribution in [0.15, 0.2) is 68.9 Å². The van der Waals surface area contributed by atoms with E-state index in [0.29, 0.717) is 29.5 Å². The van der Waals surface area contributed by atoms with Crippen LogP contribution in [0.25, 0.3) is 0 Å². The second-order valence-electron chi connectivity index (χ2n) is 6.83. The molecule has 0 N–H and O–H groups in total. The lowest BCUT2D eigenvalue weighted by molar-refractivity contribution is -0.118. The van der Waals surface area contributed by atoms with Crippen molar-refractivity contribution < 1.29 is 13.2 Å². The van der Waals surface area contributed by atoms with E-state index >= 15 is 0 Å². The van der Waals surface area contributed by atoms with E-state index in [1.165, 1.54) is 27.9 Å². The van der Waals surface area contributed by atoms with Gasteiger partial charge in [-0.25, -0.2) is 8.42 Å². The fraction of sp³-hybridized carbons (Fsp3) is 0.286. The van der Waals surface area contributed by atoms with Crippen LogP contribution in [-0.2, 0) is 27.9 Å². The summed E-state index contributed by atoms with van der Waals surface area (Å²) in [5.41, 5.74) is 0.397. The van der Waals surface area contributed by atoms with Crippen LogP contribution in [0.4, 0.5) is 0 Å². The summed E-state index contributed by atoms with van der Waals surface area (Å²) in [5.74, 6) is -0.570. The number of hydrogen-bond donors (Lipinski definition) is 0. The summed E-state index contributed by atoms with van der Waals surface area (Å²) in [5, 5.41) is 2.41. The molecule has 3 aromatic rings. The van der Waals surface area contributed by atoms with E-state index in [1.807, 2.05) is 18.2 Å². The second-order valence-corrected chi connectivity index (χ2v) is 10.0. The number of benzene rings is 1. The molecule has 32 heavy (non-hydrogen) atoms. The monoisotopic (exact) mass is 494 g/mol. The molecular weight excluding hydrogens is 472 g/mol. The lowest BCUT2D eigenvalue weighted by Gasteiger charge is -2.18. The molecule has 0 unspecified atom stereocenters. The van der Waals surface area contributed by atoms with Gasteiger partial charge in [0.1, 0.15) is 6.54 Å². The van der Waals surface area contributed by atoms with Crippen molar-refractivity contribution in [1.29, 1.82) is 0 Å². The molecule has 8 nitrogen and oxygen atoms in total. The van der Waals surface area contributed by atoms with Crippen molar-refractivity contribution >= 4 is 38.9 Å². The zero-order chi connectivity index (χ0) is 23.3. The lowest BCUT2D eigenvalue weighted by Crippen LogP contribution is -2.32. The summed E-state index contributed by atoms with van der Waals surface area (Å²) in [6, 6.07) is 9.79. The van der Waals surface area contributed by atoms with Gasteiger partial charge in [0.05, 0.1) is 11.4 Å². The predicted molar refractivity (Wildman–Crippen MR) is 124 cm³/mol. The molecule has 11 heteroatoms. The second kappa shape index (κ2) is 10.4. The van der Waals surface area contributed by atoms with Crippen LogP contribution in [0.2, 0.25) is 5.02 Å². The highest BCUT2D eigenvalue weighted by atomic mass is 35.5. The third-order valence-electron chi connectivity index (χ3n) is 4.78. The molecule has 3 rings (SSSR count). The van der Waals surface area contributed by atoms with Crippen LogP contribution >= 0.6 is 22.9 Å². The molecule has 1 aromatic carbocycles. The zero-order valence-electron chi connectivity index (χ0n) is 17.6. The minimum atomic E-state index is -3.75. The van der Waals surface area contributed by atoms with Gasteiger partial charge in [-0.05, 0) is 17.7 Å². The van der Waals surface area contributed by atoms with Crippen LogP contribution < -0.4 is 10.4 Å². The summed E-state index contributed by atoms with van der Waals surface area (Å²) in [6.07, 6.45) is 2.99. The average Bonchev–Trinajstić information content (AvgIpc) is 3.18. The maximum atomic E-state index is 12.7. The van der Waals surface area contributed by atoms with Gasteiger partial charge < -0.3 is 9.13 Å². The number of amides is 1. The first-order valence-electron chi connectivity index (χ1n) is 9.91. The minimum absolute atomic E-state index is 0.0430. The standard InChI is InChI=1S/C21H23ClN4O4S2/c1-3-26(4-2)32(29,30)17-9-10-20(28)25(14-17)15-19(27)23-21-24(11-12-31-21)13-16-7-5-6-8-18(16)22/h5-12,14H,3-4,13,15H2,1-2H3. The molecule has 0 saturated carbocycles. The van der Waals surface area contributed by atoms with Gasteiger partial charge in [-0.15, -0.1) is 11.3 Å². The van der Waals surface area contributed by atoms with Gasteiger partial charge in [-0.2, -0.15) is 9.30 Å². The number of carbonyl (C=O) groups is 1. The third kappa shape index (κ3) is 5.44. The highest BCUT2D eigenvalue weighted by Crippen LogP contribution is 2.16. The normalized spacial score (nSPS) is 12.4. The summed E-state index contributed by atoms with van der Waals surface area (Å²) < 4.78 is 29.6. The van der Waals surface area contributed by atoms with Gasteiger partial charge in [0.2, 0.25) is 10.0 Å². The van der Waals surface area contributed by atoms with Gasteiger partial charge in [-0.1, -0.05) is 43.6 Å². The van der Waals surface area contributed by atoms with Gasteiger partial charge in [-0.3, -0.25) is 9.59 Å². The number of rotatable bonds is 8. The molecule has 2 heterocycles. The Morgan fingerprint density at radius 2 is 1.84 bits per heavy atom. The lowest BCUT2D eigenvalue weighted by atomic mass is 10.2. The van der Waals surface area contributed by atoms with Crippen molar-refractivity contribution in [3.8, 4) is 0 Å². The number of thiazole rings is 1. The summed E-state index contributed by atoms with van der Waals surface area (Å²) in [7, 11) is -3.75. The predicted octanol–water partition coefficient (Wildman–Crippen LogP) is 2.57. The van der Waals surface area contributed by atoms with Crippen molar-refractivity contribution in [2.24, 2.45) is 4.99 Å². The van der Waals surface area contributed by atoms with Gasteiger partial charge >= 0.3 is 0 Å². The van der Waals surface area contributed by atoms with Gasteiger partial charge in [0.15, 0.2) is 4.80 Å². The first-order valence-corrected chi connectivity index (χ1v) is 12.6. The maximum absolute atomic E-state index is 12.7. The number of hydrogen-bond acceptors (Lipinski definition) is 5. The first kappa shape index (κ1) is 24.1. The van der Waals surface area contributed by atoms with E-state index < -0.39 is 21.5 Å². The Kier molecular flexibility index (Phi) is 7.83. The van der Waals surface area contributed by atoms with Crippen LogP contribution in [-0.4, -0.2) is 40.9 Å². The molecule has 0 aliphatic carbocycles. The molecule has 170 valence electrons. The Bertz CT molecular complexity index is 1340. The molecule has 0 spiro atoms. The van der Waals surface area contributed by atoms with Crippen molar-refractivity contribution in [3.05, 3.63) is 79.9 Å².